The molecule has 0 bridgehead atoms. The Morgan fingerprint density at radius 3 is 2.81 bits per heavy atom. The molecule has 21 heavy (non-hydrogen) atoms. The van der Waals surface area contributed by atoms with Crippen molar-refractivity contribution < 1.29 is 14.6 Å². The fourth-order valence-electron chi connectivity index (χ4n) is 1.96. The molecule has 5 heteroatoms. The second-order valence-corrected chi connectivity index (χ2v) is 5.87. The zero-order valence-corrected chi connectivity index (χ0v) is 13.8. The molecule has 116 valence electrons. The Kier molecular flexibility index (Phi) is 7.32. The summed E-state index contributed by atoms with van der Waals surface area (Å²) in [5.41, 5.74) is 1.96. The van der Waals surface area contributed by atoms with E-state index in [1.165, 1.54) is 0 Å². The van der Waals surface area contributed by atoms with Crippen molar-refractivity contribution in [3.8, 4) is 5.75 Å². The van der Waals surface area contributed by atoms with E-state index in [9.17, 15) is 4.79 Å². The summed E-state index contributed by atoms with van der Waals surface area (Å²) in [6.45, 7) is 2.93. The number of hydrogen-bond donors (Lipinski definition) is 1. The van der Waals surface area contributed by atoms with E-state index in [0.29, 0.717) is 6.04 Å². The maximum absolute atomic E-state index is 10.7. The maximum atomic E-state index is 10.7. The number of nitrogens with zero attached hydrogens (tertiary/aromatic N) is 1. The van der Waals surface area contributed by atoms with Crippen LogP contribution in [0.15, 0.2) is 24.3 Å². The van der Waals surface area contributed by atoms with Crippen molar-refractivity contribution in [2.24, 2.45) is 0 Å². The van der Waals surface area contributed by atoms with E-state index in [2.05, 4.69) is 25.1 Å². The van der Waals surface area contributed by atoms with Gasteiger partial charge in [0, 0.05) is 24.4 Å². The molecule has 0 saturated carbocycles. The molecule has 0 aliphatic heterocycles. The van der Waals surface area contributed by atoms with E-state index in [4.69, 9.17) is 9.84 Å². The first-order chi connectivity index (χ1) is 9.97. The standard InChI is InChI=1S/C16H23NO3S/c1-12(11-21-4)17(2)10-14-9-15(20-3)7-5-13(14)6-8-16(18)19/h5-9,12H,10-11H2,1-4H3,(H,18,19)/b8-6+. The molecule has 1 atom stereocenters. The Hall–Kier alpha value is -1.46. The lowest BCUT2D eigenvalue weighted by Crippen LogP contribution is -2.30. The van der Waals surface area contributed by atoms with Crippen molar-refractivity contribution in [1.82, 2.24) is 4.90 Å². The van der Waals surface area contributed by atoms with E-state index in [1.807, 2.05) is 30.0 Å². The van der Waals surface area contributed by atoms with Crippen LogP contribution in [0.5, 0.6) is 5.75 Å². The molecule has 1 aromatic rings. The molecule has 1 rings (SSSR count). The topological polar surface area (TPSA) is 49.8 Å². The lowest BCUT2D eigenvalue weighted by atomic mass is 10.1. The highest BCUT2D eigenvalue weighted by Gasteiger charge is 2.11. The summed E-state index contributed by atoms with van der Waals surface area (Å²) in [5.74, 6) is 0.894. The lowest BCUT2D eigenvalue weighted by molar-refractivity contribution is -0.131. The predicted molar refractivity (Wildman–Crippen MR) is 89.0 cm³/mol. The molecular weight excluding hydrogens is 286 g/mol. The van der Waals surface area contributed by atoms with E-state index >= 15 is 0 Å². The Bertz CT molecular complexity index is 502. The number of thioether (sulfide) groups is 1. The molecule has 1 unspecified atom stereocenters. The largest absolute Gasteiger partial charge is 0.497 e. The van der Waals surface area contributed by atoms with Gasteiger partial charge in [0.1, 0.15) is 5.75 Å². The van der Waals surface area contributed by atoms with E-state index in [1.54, 1.807) is 13.2 Å². The Labute approximate surface area is 130 Å². The van der Waals surface area contributed by atoms with E-state index < -0.39 is 5.97 Å². The van der Waals surface area contributed by atoms with Crippen LogP contribution in [0.1, 0.15) is 18.1 Å². The van der Waals surface area contributed by atoms with Gasteiger partial charge in [-0.05, 0) is 49.6 Å². The zero-order chi connectivity index (χ0) is 15.8. The summed E-state index contributed by atoms with van der Waals surface area (Å²) in [6, 6.07) is 6.14. The number of aliphatic carboxylic acids is 1. The monoisotopic (exact) mass is 309 g/mol. The molecule has 0 aliphatic carbocycles. The zero-order valence-electron chi connectivity index (χ0n) is 13.0. The first kappa shape index (κ1) is 17.6. The minimum Gasteiger partial charge on any atom is -0.497 e. The quantitative estimate of drug-likeness (QED) is 0.748. The van der Waals surface area contributed by atoms with Gasteiger partial charge in [-0.2, -0.15) is 11.8 Å². The normalized spacial score (nSPS) is 12.8. The number of ether oxygens (including phenoxy) is 1. The highest BCUT2D eigenvalue weighted by molar-refractivity contribution is 7.98. The van der Waals surface area contributed by atoms with Gasteiger partial charge >= 0.3 is 5.97 Å². The molecule has 0 aromatic heterocycles. The Balaban J connectivity index is 2.98. The molecule has 0 amide bonds. The maximum Gasteiger partial charge on any atom is 0.328 e. The van der Waals surface area contributed by atoms with Gasteiger partial charge < -0.3 is 9.84 Å². The number of benzene rings is 1. The molecule has 0 radical (unpaired) electrons. The summed E-state index contributed by atoms with van der Waals surface area (Å²) in [5, 5.41) is 8.78. The molecule has 0 fully saturated rings. The SMILES string of the molecule is COc1ccc(/C=C/C(=O)O)c(CN(C)C(C)CSC)c1. The van der Waals surface area contributed by atoms with Gasteiger partial charge in [0.05, 0.1) is 7.11 Å². The van der Waals surface area contributed by atoms with Crippen LogP contribution in [-0.2, 0) is 11.3 Å². The fourth-order valence-corrected chi connectivity index (χ4v) is 2.70. The van der Waals surface area contributed by atoms with Crippen LogP contribution in [0.2, 0.25) is 0 Å². The third-order valence-corrected chi connectivity index (χ3v) is 4.15. The van der Waals surface area contributed by atoms with Crippen molar-refractivity contribution >= 4 is 23.8 Å². The Morgan fingerprint density at radius 2 is 2.24 bits per heavy atom. The van der Waals surface area contributed by atoms with Gasteiger partial charge in [-0.15, -0.1) is 0 Å². The van der Waals surface area contributed by atoms with E-state index in [-0.39, 0.29) is 0 Å². The highest BCUT2D eigenvalue weighted by atomic mass is 32.2. The van der Waals surface area contributed by atoms with Crippen molar-refractivity contribution in [2.75, 3.05) is 26.2 Å². The van der Waals surface area contributed by atoms with Crippen LogP contribution >= 0.6 is 11.8 Å². The number of methoxy groups -OCH3 is 1. The number of rotatable bonds is 8. The Morgan fingerprint density at radius 1 is 1.52 bits per heavy atom. The van der Waals surface area contributed by atoms with Gasteiger partial charge in [-0.25, -0.2) is 4.79 Å². The molecule has 4 nitrogen and oxygen atoms in total. The molecule has 1 N–H and O–H groups in total. The molecule has 0 aliphatic rings. The number of carbonyl (C=O) groups is 1. The van der Waals surface area contributed by atoms with Crippen LogP contribution < -0.4 is 4.74 Å². The van der Waals surface area contributed by atoms with Gasteiger partial charge in [-0.3, -0.25) is 4.90 Å². The highest BCUT2D eigenvalue weighted by Crippen LogP contribution is 2.21. The van der Waals surface area contributed by atoms with Crippen LogP contribution in [0.4, 0.5) is 0 Å². The second-order valence-electron chi connectivity index (χ2n) is 4.96. The average molecular weight is 309 g/mol. The van der Waals surface area contributed by atoms with Gasteiger partial charge in [0.25, 0.3) is 0 Å². The lowest BCUT2D eigenvalue weighted by Gasteiger charge is -2.25. The van der Waals surface area contributed by atoms with Crippen LogP contribution in [-0.4, -0.2) is 48.2 Å². The van der Waals surface area contributed by atoms with Gasteiger partial charge in [0.15, 0.2) is 0 Å². The van der Waals surface area contributed by atoms with Crippen LogP contribution in [0.25, 0.3) is 6.08 Å². The predicted octanol–water partition coefficient (Wildman–Crippen LogP) is 2.98. The minimum atomic E-state index is -0.944. The molecule has 0 saturated heterocycles. The third kappa shape index (κ3) is 5.81. The summed E-state index contributed by atoms with van der Waals surface area (Å²) in [4.78, 5) is 13.0. The van der Waals surface area contributed by atoms with Crippen molar-refractivity contribution in [3.63, 3.8) is 0 Å². The third-order valence-electron chi connectivity index (χ3n) is 3.34. The fraction of sp³-hybridized carbons (Fsp3) is 0.438. The van der Waals surface area contributed by atoms with Crippen molar-refractivity contribution in [2.45, 2.75) is 19.5 Å². The summed E-state index contributed by atoms with van der Waals surface area (Å²) in [7, 11) is 3.71. The molecular formula is C16H23NO3S. The van der Waals surface area contributed by atoms with Crippen LogP contribution in [0, 0.1) is 0 Å². The van der Waals surface area contributed by atoms with E-state index in [0.717, 1.165) is 35.3 Å². The first-order valence-electron chi connectivity index (χ1n) is 6.75. The van der Waals surface area contributed by atoms with Crippen molar-refractivity contribution in [3.05, 3.63) is 35.4 Å². The summed E-state index contributed by atoms with van der Waals surface area (Å²) >= 11 is 1.82. The first-order valence-corrected chi connectivity index (χ1v) is 8.14. The summed E-state index contributed by atoms with van der Waals surface area (Å²) < 4.78 is 5.26. The average Bonchev–Trinajstić information content (AvgIpc) is 2.45. The smallest absolute Gasteiger partial charge is 0.328 e. The minimum absolute atomic E-state index is 0.447. The van der Waals surface area contributed by atoms with Crippen LogP contribution in [0.3, 0.4) is 0 Å². The molecule has 0 heterocycles. The van der Waals surface area contributed by atoms with Crippen molar-refractivity contribution in [1.29, 1.82) is 0 Å². The molecule has 1 aromatic carbocycles. The number of carboxylic acid groups (broad SMARTS) is 1. The summed E-state index contributed by atoms with van der Waals surface area (Å²) in [6.07, 6.45) is 4.89. The second kappa shape index (κ2) is 8.74. The number of hydrogen-bond acceptors (Lipinski definition) is 4. The number of carboxylic acids is 1. The van der Waals surface area contributed by atoms with Gasteiger partial charge in [0.2, 0.25) is 0 Å². The molecule has 0 spiro atoms. The van der Waals surface area contributed by atoms with Gasteiger partial charge in [-0.1, -0.05) is 6.07 Å².